The number of rotatable bonds is 4. The molecule has 2 atom stereocenters. The van der Waals surface area contributed by atoms with E-state index < -0.39 is 17.2 Å². The van der Waals surface area contributed by atoms with Crippen LogP contribution in [0.2, 0.25) is 0 Å². The van der Waals surface area contributed by atoms with Gasteiger partial charge in [0, 0.05) is 11.6 Å². The van der Waals surface area contributed by atoms with Crippen molar-refractivity contribution in [3.63, 3.8) is 0 Å². The second-order valence-corrected chi connectivity index (χ2v) is 4.03. The van der Waals surface area contributed by atoms with Gasteiger partial charge < -0.3 is 10.5 Å². The molecule has 18 heavy (non-hydrogen) atoms. The van der Waals surface area contributed by atoms with Crippen LogP contribution in [0.5, 0.6) is 0 Å². The molecule has 1 saturated heterocycles. The maximum atomic E-state index is 13.7. The number of hydrogen-bond donors (Lipinski definition) is 1. The van der Waals surface area contributed by atoms with Gasteiger partial charge in [-0.1, -0.05) is 6.07 Å². The zero-order chi connectivity index (χ0) is 13.2. The van der Waals surface area contributed by atoms with Gasteiger partial charge in [0.05, 0.1) is 19.0 Å². The van der Waals surface area contributed by atoms with E-state index in [0.717, 1.165) is 12.4 Å². The fraction of sp³-hybridized carbons (Fsp3) is 0.333. The summed E-state index contributed by atoms with van der Waals surface area (Å²) in [4.78, 5) is 7.61. The molecular formula is C12H13F2N3O. The third-order valence-electron chi connectivity index (χ3n) is 2.93. The molecule has 1 aromatic carbocycles. The third-order valence-corrected chi connectivity index (χ3v) is 2.93. The first-order valence-corrected chi connectivity index (χ1v) is 5.45. The van der Waals surface area contributed by atoms with Gasteiger partial charge in [0.25, 0.3) is 0 Å². The van der Waals surface area contributed by atoms with Crippen molar-refractivity contribution in [2.45, 2.75) is 18.6 Å². The highest BCUT2D eigenvalue weighted by molar-refractivity contribution is 5.69. The molecule has 6 heteroatoms. The van der Waals surface area contributed by atoms with E-state index in [1.807, 2.05) is 6.92 Å². The van der Waals surface area contributed by atoms with Gasteiger partial charge in [-0.05, 0) is 13.0 Å². The van der Waals surface area contributed by atoms with Gasteiger partial charge in [0.1, 0.15) is 23.6 Å². The first-order valence-electron chi connectivity index (χ1n) is 5.45. The second-order valence-electron chi connectivity index (χ2n) is 4.03. The van der Waals surface area contributed by atoms with Crippen molar-refractivity contribution in [3.05, 3.63) is 35.4 Å². The molecule has 1 heterocycles. The Labute approximate surface area is 103 Å². The van der Waals surface area contributed by atoms with Gasteiger partial charge in [-0.25, -0.2) is 13.8 Å². The standard InChI is InChI=1S/C12H13F2N3O/c1-8-12(18-8,5-16-7-17-6-15)10-3-2-9(13)4-11(10)14/h2-4,6-8H,5H2,1H3,(H2,15,16,17)/t8-,12+/m0/s1. The van der Waals surface area contributed by atoms with Gasteiger partial charge in [-0.15, -0.1) is 0 Å². The Morgan fingerprint density at radius 3 is 2.78 bits per heavy atom. The maximum absolute atomic E-state index is 13.7. The van der Waals surface area contributed by atoms with E-state index >= 15 is 0 Å². The fourth-order valence-electron chi connectivity index (χ4n) is 1.91. The molecule has 0 unspecified atom stereocenters. The molecule has 1 aromatic rings. The Balaban J connectivity index is 2.22. The van der Waals surface area contributed by atoms with Crippen molar-refractivity contribution in [2.24, 2.45) is 15.7 Å². The van der Waals surface area contributed by atoms with Crippen LogP contribution in [-0.4, -0.2) is 25.3 Å². The first-order chi connectivity index (χ1) is 8.60. The molecule has 0 amide bonds. The number of ether oxygens (including phenoxy) is 1. The molecule has 0 spiro atoms. The topological polar surface area (TPSA) is 63.3 Å². The van der Waals surface area contributed by atoms with Crippen molar-refractivity contribution in [3.8, 4) is 0 Å². The lowest BCUT2D eigenvalue weighted by Crippen LogP contribution is -2.18. The van der Waals surface area contributed by atoms with Crippen molar-refractivity contribution in [2.75, 3.05) is 6.54 Å². The van der Waals surface area contributed by atoms with Crippen LogP contribution in [0.3, 0.4) is 0 Å². The summed E-state index contributed by atoms with van der Waals surface area (Å²) < 4.78 is 32.0. The lowest BCUT2D eigenvalue weighted by Gasteiger charge is -2.11. The Kier molecular flexibility index (Phi) is 3.38. The van der Waals surface area contributed by atoms with Crippen LogP contribution >= 0.6 is 0 Å². The van der Waals surface area contributed by atoms with E-state index in [4.69, 9.17) is 10.5 Å². The van der Waals surface area contributed by atoms with Crippen LogP contribution in [-0.2, 0) is 10.3 Å². The van der Waals surface area contributed by atoms with Gasteiger partial charge in [0.15, 0.2) is 0 Å². The lowest BCUT2D eigenvalue weighted by atomic mass is 9.95. The van der Waals surface area contributed by atoms with E-state index in [0.29, 0.717) is 5.56 Å². The van der Waals surface area contributed by atoms with Crippen molar-refractivity contribution < 1.29 is 13.5 Å². The van der Waals surface area contributed by atoms with Crippen molar-refractivity contribution in [1.29, 1.82) is 0 Å². The van der Waals surface area contributed by atoms with Gasteiger partial charge in [0.2, 0.25) is 0 Å². The molecule has 1 aliphatic rings. The summed E-state index contributed by atoms with van der Waals surface area (Å²) in [5.74, 6) is -1.24. The Hall–Kier alpha value is -1.82. The number of aliphatic imine (C=N–C) groups is 2. The average molecular weight is 253 g/mol. The molecule has 0 radical (unpaired) electrons. The van der Waals surface area contributed by atoms with E-state index in [-0.39, 0.29) is 12.6 Å². The monoisotopic (exact) mass is 253 g/mol. The Bertz CT molecular complexity index is 504. The molecule has 0 aliphatic carbocycles. The minimum atomic E-state index is -0.821. The molecule has 0 saturated carbocycles. The molecule has 1 aliphatic heterocycles. The molecule has 0 bridgehead atoms. The number of nitrogens with two attached hydrogens (primary N) is 1. The Morgan fingerprint density at radius 2 is 2.22 bits per heavy atom. The van der Waals surface area contributed by atoms with E-state index in [9.17, 15) is 8.78 Å². The molecule has 2 N–H and O–H groups in total. The van der Waals surface area contributed by atoms with Crippen molar-refractivity contribution in [1.82, 2.24) is 0 Å². The van der Waals surface area contributed by atoms with Crippen LogP contribution < -0.4 is 5.73 Å². The van der Waals surface area contributed by atoms with Gasteiger partial charge in [-0.2, -0.15) is 0 Å². The molecular weight excluding hydrogens is 240 g/mol. The predicted octanol–water partition coefficient (Wildman–Crippen LogP) is 1.59. The van der Waals surface area contributed by atoms with Crippen LogP contribution in [0.25, 0.3) is 0 Å². The summed E-state index contributed by atoms with van der Waals surface area (Å²) in [5, 5.41) is 0. The Morgan fingerprint density at radius 1 is 1.50 bits per heavy atom. The summed E-state index contributed by atoms with van der Waals surface area (Å²) in [6.45, 7) is 2.03. The second kappa shape index (κ2) is 4.81. The number of benzene rings is 1. The first kappa shape index (κ1) is 12.6. The van der Waals surface area contributed by atoms with Crippen LogP contribution in [0.4, 0.5) is 8.78 Å². The zero-order valence-electron chi connectivity index (χ0n) is 9.81. The van der Waals surface area contributed by atoms with Gasteiger partial charge in [-0.3, -0.25) is 4.99 Å². The fourth-order valence-corrected chi connectivity index (χ4v) is 1.91. The van der Waals surface area contributed by atoms with Crippen LogP contribution in [0, 0.1) is 11.6 Å². The third kappa shape index (κ3) is 2.24. The molecule has 1 fully saturated rings. The molecule has 2 rings (SSSR count). The van der Waals surface area contributed by atoms with Gasteiger partial charge >= 0.3 is 0 Å². The SMILES string of the molecule is C[C@@H]1O[C@@]1(CN=CN=CN)c1ccc(F)cc1F. The average Bonchev–Trinajstić information content (AvgIpc) is 2.96. The summed E-state index contributed by atoms with van der Waals surface area (Å²) in [6.07, 6.45) is 2.21. The lowest BCUT2D eigenvalue weighted by molar-refractivity contribution is 0.298. The normalized spacial score (nSPS) is 27.2. The maximum Gasteiger partial charge on any atom is 0.142 e. The largest absolute Gasteiger partial charge is 0.390 e. The zero-order valence-corrected chi connectivity index (χ0v) is 9.81. The smallest absolute Gasteiger partial charge is 0.142 e. The minimum absolute atomic E-state index is 0.170. The number of hydrogen-bond acceptors (Lipinski definition) is 2. The molecule has 96 valence electrons. The molecule has 0 aromatic heterocycles. The van der Waals surface area contributed by atoms with E-state index in [1.165, 1.54) is 18.5 Å². The summed E-state index contributed by atoms with van der Waals surface area (Å²) in [5.41, 5.74) is 4.55. The quantitative estimate of drug-likeness (QED) is 0.503. The van der Waals surface area contributed by atoms with Crippen LogP contribution in [0.1, 0.15) is 12.5 Å². The minimum Gasteiger partial charge on any atom is -0.390 e. The van der Waals surface area contributed by atoms with E-state index in [2.05, 4.69) is 9.98 Å². The number of nitrogens with zero attached hydrogens (tertiary/aromatic N) is 2. The number of epoxide rings is 1. The van der Waals surface area contributed by atoms with Crippen LogP contribution in [0.15, 0.2) is 28.2 Å². The summed E-state index contributed by atoms with van der Waals surface area (Å²) in [7, 11) is 0. The number of halogens is 2. The molecule has 4 nitrogen and oxygen atoms in total. The summed E-state index contributed by atoms with van der Waals surface area (Å²) >= 11 is 0. The summed E-state index contributed by atoms with van der Waals surface area (Å²) in [6, 6.07) is 3.43. The highest BCUT2D eigenvalue weighted by Crippen LogP contribution is 2.47. The van der Waals surface area contributed by atoms with E-state index in [1.54, 1.807) is 0 Å². The predicted molar refractivity (Wildman–Crippen MR) is 64.6 cm³/mol. The van der Waals surface area contributed by atoms with Crippen molar-refractivity contribution >= 4 is 12.7 Å². The highest BCUT2D eigenvalue weighted by atomic mass is 19.1. The highest BCUT2D eigenvalue weighted by Gasteiger charge is 2.56.